The number of hydrogen-bond acceptors (Lipinski definition) is 5. The number of sulfonamides is 1. The van der Waals surface area contributed by atoms with E-state index in [1.165, 1.54) is 76.1 Å². The first-order valence-corrected chi connectivity index (χ1v) is 12.7. The minimum Gasteiger partial charge on any atom is -0.302 e. The number of aryl methyl sites for hydroxylation is 1. The Kier molecular flexibility index (Phi) is 6.76. The van der Waals surface area contributed by atoms with E-state index in [-0.39, 0.29) is 17.3 Å². The second-order valence-electron chi connectivity index (χ2n) is 7.56. The summed E-state index contributed by atoms with van der Waals surface area (Å²) < 4.78 is 40.7. The van der Waals surface area contributed by atoms with Gasteiger partial charge in [0.2, 0.25) is 0 Å². The summed E-state index contributed by atoms with van der Waals surface area (Å²) >= 11 is 1.48. The van der Waals surface area contributed by atoms with E-state index in [0.717, 1.165) is 5.01 Å². The van der Waals surface area contributed by atoms with E-state index >= 15 is 0 Å². The highest BCUT2D eigenvalue weighted by Gasteiger charge is 2.23. The molecule has 0 radical (unpaired) electrons. The SMILES string of the molecule is Cc1nc(CN(C(=O)c2ccc(S(=O)(=O)N(C)c3ccccc3)cc2)c2ccc(F)cc2)cs1. The van der Waals surface area contributed by atoms with Gasteiger partial charge in [-0.2, -0.15) is 0 Å². The maximum absolute atomic E-state index is 13.5. The Morgan fingerprint density at radius 1 is 0.941 bits per heavy atom. The fraction of sp³-hybridized carbons (Fsp3) is 0.120. The van der Waals surface area contributed by atoms with Crippen molar-refractivity contribution in [1.82, 2.24) is 4.98 Å². The number of carbonyl (C=O) groups is 1. The van der Waals surface area contributed by atoms with Crippen molar-refractivity contribution < 1.29 is 17.6 Å². The molecule has 0 aliphatic heterocycles. The highest BCUT2D eigenvalue weighted by molar-refractivity contribution is 7.92. The van der Waals surface area contributed by atoms with Gasteiger partial charge in [0.1, 0.15) is 5.82 Å². The number of benzene rings is 3. The lowest BCUT2D eigenvalue weighted by Gasteiger charge is -2.23. The van der Waals surface area contributed by atoms with Gasteiger partial charge < -0.3 is 4.90 Å². The summed E-state index contributed by atoms with van der Waals surface area (Å²) in [6.45, 7) is 2.08. The van der Waals surface area contributed by atoms with E-state index in [1.807, 2.05) is 18.4 Å². The molecule has 9 heteroatoms. The topological polar surface area (TPSA) is 70.6 Å². The number of para-hydroxylation sites is 1. The second-order valence-corrected chi connectivity index (χ2v) is 10.6. The fourth-order valence-electron chi connectivity index (χ4n) is 3.40. The van der Waals surface area contributed by atoms with Crippen LogP contribution in [0.1, 0.15) is 21.1 Å². The number of rotatable bonds is 7. The molecule has 4 aromatic rings. The minimum atomic E-state index is -3.80. The monoisotopic (exact) mass is 495 g/mol. The van der Waals surface area contributed by atoms with Gasteiger partial charge in [0.25, 0.3) is 15.9 Å². The van der Waals surface area contributed by atoms with Crippen LogP contribution in [0.15, 0.2) is 89.1 Å². The molecule has 0 saturated carbocycles. The normalized spacial score (nSPS) is 11.3. The predicted octanol–water partition coefficient (Wildman–Crippen LogP) is 5.26. The van der Waals surface area contributed by atoms with Crippen LogP contribution in [0.3, 0.4) is 0 Å². The van der Waals surface area contributed by atoms with Gasteiger partial charge in [-0.1, -0.05) is 18.2 Å². The Labute approximate surface area is 202 Å². The number of anilines is 2. The maximum atomic E-state index is 13.5. The van der Waals surface area contributed by atoms with Gasteiger partial charge in [-0.05, 0) is 67.6 Å². The van der Waals surface area contributed by atoms with E-state index in [9.17, 15) is 17.6 Å². The molecule has 0 unspecified atom stereocenters. The van der Waals surface area contributed by atoms with Gasteiger partial charge in [-0.3, -0.25) is 9.10 Å². The molecule has 1 heterocycles. The number of amides is 1. The number of carbonyl (C=O) groups excluding carboxylic acids is 1. The van der Waals surface area contributed by atoms with Crippen LogP contribution in [0, 0.1) is 12.7 Å². The molecule has 0 bridgehead atoms. The Bertz CT molecular complexity index is 1390. The largest absolute Gasteiger partial charge is 0.302 e. The molecule has 0 fully saturated rings. The van der Waals surface area contributed by atoms with Crippen molar-refractivity contribution >= 4 is 38.6 Å². The van der Waals surface area contributed by atoms with Gasteiger partial charge in [-0.15, -0.1) is 11.3 Å². The zero-order chi connectivity index (χ0) is 24.3. The highest BCUT2D eigenvalue weighted by Crippen LogP contribution is 2.25. The average molecular weight is 496 g/mol. The first-order valence-electron chi connectivity index (χ1n) is 10.4. The molecular formula is C25H22FN3O3S2. The molecule has 0 N–H and O–H groups in total. The number of thiazole rings is 1. The third-order valence-corrected chi connectivity index (χ3v) is 7.87. The average Bonchev–Trinajstić information content (AvgIpc) is 3.27. The third-order valence-electron chi connectivity index (χ3n) is 5.25. The molecule has 1 aromatic heterocycles. The lowest BCUT2D eigenvalue weighted by molar-refractivity contribution is 0.0984. The summed E-state index contributed by atoms with van der Waals surface area (Å²) in [5.74, 6) is -0.754. The molecule has 174 valence electrons. The van der Waals surface area contributed by atoms with Gasteiger partial charge in [0.05, 0.1) is 27.8 Å². The van der Waals surface area contributed by atoms with Crippen LogP contribution in [0.2, 0.25) is 0 Å². The molecule has 0 atom stereocenters. The maximum Gasteiger partial charge on any atom is 0.264 e. The van der Waals surface area contributed by atoms with E-state index < -0.39 is 15.8 Å². The third kappa shape index (κ3) is 5.00. The van der Waals surface area contributed by atoms with Crippen LogP contribution >= 0.6 is 11.3 Å². The van der Waals surface area contributed by atoms with E-state index in [1.54, 1.807) is 24.3 Å². The van der Waals surface area contributed by atoms with Gasteiger partial charge in [0, 0.05) is 23.7 Å². The van der Waals surface area contributed by atoms with Crippen LogP contribution in [0.4, 0.5) is 15.8 Å². The minimum absolute atomic E-state index is 0.0684. The van der Waals surface area contributed by atoms with Gasteiger partial charge >= 0.3 is 0 Å². The van der Waals surface area contributed by atoms with E-state index in [2.05, 4.69) is 4.98 Å². The van der Waals surface area contributed by atoms with Crippen LogP contribution < -0.4 is 9.21 Å². The first-order chi connectivity index (χ1) is 16.3. The van der Waals surface area contributed by atoms with Gasteiger partial charge in [0.15, 0.2) is 0 Å². The number of hydrogen-bond donors (Lipinski definition) is 0. The second kappa shape index (κ2) is 9.74. The van der Waals surface area contributed by atoms with Crippen LogP contribution in [0.5, 0.6) is 0 Å². The Morgan fingerprint density at radius 3 is 2.18 bits per heavy atom. The summed E-state index contributed by atoms with van der Waals surface area (Å²) in [6.07, 6.45) is 0. The Hall–Kier alpha value is -3.56. The Balaban J connectivity index is 1.62. The zero-order valence-electron chi connectivity index (χ0n) is 18.6. The number of halogens is 1. The summed E-state index contributed by atoms with van der Waals surface area (Å²) in [6, 6.07) is 20.2. The van der Waals surface area contributed by atoms with Crippen LogP contribution in [0.25, 0.3) is 0 Å². The van der Waals surface area contributed by atoms with Crippen molar-refractivity contribution in [1.29, 1.82) is 0 Å². The molecule has 0 saturated heterocycles. The van der Waals surface area contributed by atoms with Crippen LogP contribution in [-0.4, -0.2) is 26.4 Å². The molecular weight excluding hydrogens is 473 g/mol. The molecule has 1 amide bonds. The fourth-order valence-corrected chi connectivity index (χ4v) is 5.20. The molecule has 6 nitrogen and oxygen atoms in total. The molecule has 0 aliphatic rings. The highest BCUT2D eigenvalue weighted by atomic mass is 32.2. The molecule has 34 heavy (non-hydrogen) atoms. The summed E-state index contributed by atoms with van der Waals surface area (Å²) in [7, 11) is -2.32. The van der Waals surface area contributed by atoms with Crippen molar-refractivity contribution in [2.24, 2.45) is 0 Å². The van der Waals surface area contributed by atoms with Gasteiger partial charge in [-0.25, -0.2) is 17.8 Å². The molecule has 4 rings (SSSR count). The summed E-state index contributed by atoms with van der Waals surface area (Å²) in [4.78, 5) is 19.4. The lowest BCUT2D eigenvalue weighted by atomic mass is 10.1. The van der Waals surface area contributed by atoms with E-state index in [0.29, 0.717) is 22.6 Å². The Morgan fingerprint density at radius 2 is 1.59 bits per heavy atom. The van der Waals surface area contributed by atoms with Crippen LogP contribution in [-0.2, 0) is 16.6 Å². The predicted molar refractivity (Wildman–Crippen MR) is 132 cm³/mol. The molecule has 0 spiro atoms. The van der Waals surface area contributed by atoms with Crippen molar-refractivity contribution in [2.45, 2.75) is 18.4 Å². The number of nitrogens with zero attached hydrogens (tertiary/aromatic N) is 3. The van der Waals surface area contributed by atoms with Crippen molar-refractivity contribution in [3.05, 3.63) is 106 Å². The standard InChI is InChI=1S/C25H22FN3O3S2/c1-18-27-21(17-33-18)16-29(23-12-10-20(26)11-13-23)25(30)19-8-14-24(15-9-19)34(31,32)28(2)22-6-4-3-5-7-22/h3-15,17H,16H2,1-2H3. The lowest BCUT2D eigenvalue weighted by Crippen LogP contribution is -2.31. The number of aromatic nitrogens is 1. The molecule has 0 aliphatic carbocycles. The summed E-state index contributed by atoms with van der Waals surface area (Å²) in [5.41, 5.74) is 2.06. The van der Waals surface area contributed by atoms with Crippen molar-refractivity contribution in [3.8, 4) is 0 Å². The smallest absolute Gasteiger partial charge is 0.264 e. The van der Waals surface area contributed by atoms with E-state index in [4.69, 9.17) is 0 Å². The molecule has 3 aromatic carbocycles. The van der Waals surface area contributed by atoms with Crippen molar-refractivity contribution in [2.75, 3.05) is 16.3 Å². The van der Waals surface area contributed by atoms with Crippen molar-refractivity contribution in [3.63, 3.8) is 0 Å². The first kappa shape index (κ1) is 23.6. The quantitative estimate of drug-likeness (QED) is 0.351. The zero-order valence-corrected chi connectivity index (χ0v) is 20.2. The summed E-state index contributed by atoms with van der Waals surface area (Å²) in [5, 5.41) is 2.74.